The quantitative estimate of drug-likeness (QED) is 0.921. The molecule has 0 radical (unpaired) electrons. The highest BCUT2D eigenvalue weighted by Crippen LogP contribution is 2.21. The molecule has 0 bridgehead atoms. The minimum absolute atomic E-state index is 0.400. The first-order valence-electron chi connectivity index (χ1n) is 5.22. The number of nitrogens with one attached hydrogen (secondary N) is 1. The fraction of sp³-hybridized carbons (Fsp3) is 0.250. The Kier molecular flexibility index (Phi) is 3.29. The highest BCUT2D eigenvalue weighted by Gasteiger charge is 2.05. The lowest BCUT2D eigenvalue weighted by molar-refractivity contribution is 0.608. The molecule has 3 nitrogen and oxygen atoms in total. The number of hydrogen-bond donors (Lipinski definition) is 1. The lowest BCUT2D eigenvalue weighted by atomic mass is 10.3. The number of hydrogen-bond acceptors (Lipinski definition) is 2. The summed E-state index contributed by atoms with van der Waals surface area (Å²) in [6, 6.07) is 8.44. The third-order valence-corrected chi connectivity index (χ3v) is 2.80. The second-order valence-electron chi connectivity index (χ2n) is 3.89. The maximum atomic E-state index is 4.30. The molecule has 1 N–H and O–H groups in total. The van der Waals surface area contributed by atoms with Crippen molar-refractivity contribution in [3.05, 3.63) is 41.1 Å². The Hall–Kier alpha value is -1.29. The molecule has 0 unspecified atom stereocenters. The first-order chi connectivity index (χ1) is 7.66. The fourth-order valence-electron chi connectivity index (χ4n) is 1.52. The molecule has 1 aromatic carbocycles. The van der Waals surface area contributed by atoms with Crippen LogP contribution in [0.15, 0.2) is 41.1 Å². The molecular weight excluding hydrogens is 266 g/mol. The van der Waals surface area contributed by atoms with Crippen LogP contribution in [0.3, 0.4) is 0 Å². The molecule has 4 heteroatoms. The van der Waals surface area contributed by atoms with E-state index in [1.807, 2.05) is 30.5 Å². The molecule has 0 amide bonds. The molecule has 0 fully saturated rings. The van der Waals surface area contributed by atoms with E-state index in [1.54, 1.807) is 6.20 Å². The maximum Gasteiger partial charge on any atom is 0.207 e. The van der Waals surface area contributed by atoms with Crippen LogP contribution in [0.2, 0.25) is 0 Å². The second kappa shape index (κ2) is 4.70. The lowest BCUT2D eigenvalue weighted by Crippen LogP contribution is -2.05. The van der Waals surface area contributed by atoms with Crippen molar-refractivity contribution < 1.29 is 0 Å². The van der Waals surface area contributed by atoms with Crippen LogP contribution >= 0.6 is 15.9 Å². The molecule has 0 atom stereocenters. The summed E-state index contributed by atoms with van der Waals surface area (Å²) in [7, 11) is 0. The maximum absolute atomic E-state index is 4.30. The van der Waals surface area contributed by atoms with Gasteiger partial charge in [-0.25, -0.2) is 4.98 Å². The van der Waals surface area contributed by atoms with Gasteiger partial charge in [-0.2, -0.15) is 0 Å². The fourth-order valence-corrected chi connectivity index (χ4v) is 1.92. The Morgan fingerprint density at radius 2 is 2.19 bits per heavy atom. The van der Waals surface area contributed by atoms with Crippen molar-refractivity contribution in [1.82, 2.24) is 9.55 Å². The Balaban J connectivity index is 2.24. The van der Waals surface area contributed by atoms with Crippen LogP contribution in [0.5, 0.6) is 0 Å². The smallest absolute Gasteiger partial charge is 0.207 e. The standard InChI is InChI=1S/C12H14BrN3/c1-9(2)16-7-6-14-12(16)15-11-5-3-4-10(13)8-11/h3-9H,1-2H3,(H,14,15). The topological polar surface area (TPSA) is 29.9 Å². The average molecular weight is 280 g/mol. The summed E-state index contributed by atoms with van der Waals surface area (Å²) in [4.78, 5) is 4.30. The average Bonchev–Trinajstić information content (AvgIpc) is 2.66. The Labute approximate surface area is 104 Å². The number of nitrogens with zero attached hydrogens (tertiary/aromatic N) is 2. The van der Waals surface area contributed by atoms with E-state index in [9.17, 15) is 0 Å². The van der Waals surface area contributed by atoms with Crippen molar-refractivity contribution in [2.24, 2.45) is 0 Å². The van der Waals surface area contributed by atoms with Gasteiger partial charge in [-0.3, -0.25) is 0 Å². The van der Waals surface area contributed by atoms with Gasteiger partial charge in [-0.05, 0) is 32.0 Å². The van der Waals surface area contributed by atoms with Gasteiger partial charge in [-0.1, -0.05) is 22.0 Å². The molecule has 0 aliphatic rings. The van der Waals surface area contributed by atoms with Gasteiger partial charge in [0.2, 0.25) is 5.95 Å². The number of benzene rings is 1. The summed E-state index contributed by atoms with van der Waals surface area (Å²) in [5.41, 5.74) is 1.03. The van der Waals surface area contributed by atoms with Gasteiger partial charge in [0, 0.05) is 28.6 Å². The van der Waals surface area contributed by atoms with E-state index < -0.39 is 0 Å². The minimum Gasteiger partial charge on any atom is -0.326 e. The highest BCUT2D eigenvalue weighted by molar-refractivity contribution is 9.10. The molecule has 84 valence electrons. The van der Waals surface area contributed by atoms with Crippen molar-refractivity contribution in [2.45, 2.75) is 19.9 Å². The molecule has 0 saturated carbocycles. The Morgan fingerprint density at radius 3 is 2.88 bits per heavy atom. The van der Waals surface area contributed by atoms with Gasteiger partial charge in [0.1, 0.15) is 0 Å². The number of imidazole rings is 1. The van der Waals surface area contributed by atoms with E-state index >= 15 is 0 Å². The Bertz CT molecular complexity index is 477. The lowest BCUT2D eigenvalue weighted by Gasteiger charge is -2.12. The van der Waals surface area contributed by atoms with Crippen molar-refractivity contribution in [3.63, 3.8) is 0 Å². The molecule has 1 heterocycles. The van der Waals surface area contributed by atoms with E-state index in [1.165, 1.54) is 0 Å². The van der Waals surface area contributed by atoms with Crippen LogP contribution < -0.4 is 5.32 Å². The zero-order valence-electron chi connectivity index (χ0n) is 9.31. The first-order valence-corrected chi connectivity index (χ1v) is 6.01. The van der Waals surface area contributed by atoms with Crippen LogP contribution in [0, 0.1) is 0 Å². The summed E-state index contributed by atoms with van der Waals surface area (Å²) in [5, 5.41) is 3.30. The van der Waals surface area contributed by atoms with Crippen LogP contribution in [0.1, 0.15) is 19.9 Å². The van der Waals surface area contributed by atoms with Gasteiger partial charge >= 0.3 is 0 Å². The molecule has 2 aromatic rings. The largest absolute Gasteiger partial charge is 0.326 e. The molecule has 16 heavy (non-hydrogen) atoms. The van der Waals surface area contributed by atoms with Crippen molar-refractivity contribution in [2.75, 3.05) is 5.32 Å². The Morgan fingerprint density at radius 1 is 1.38 bits per heavy atom. The predicted octanol–water partition coefficient (Wildman–Crippen LogP) is 3.97. The molecule has 0 spiro atoms. The molecule has 0 aliphatic carbocycles. The van der Waals surface area contributed by atoms with Gasteiger partial charge in [0.25, 0.3) is 0 Å². The molecule has 0 aliphatic heterocycles. The van der Waals surface area contributed by atoms with Crippen LogP contribution in [0.4, 0.5) is 11.6 Å². The zero-order chi connectivity index (χ0) is 11.5. The van der Waals surface area contributed by atoms with Crippen molar-refractivity contribution in [1.29, 1.82) is 0 Å². The van der Waals surface area contributed by atoms with Gasteiger partial charge in [-0.15, -0.1) is 0 Å². The molecular formula is C12H14BrN3. The predicted molar refractivity (Wildman–Crippen MR) is 70.0 cm³/mol. The number of anilines is 2. The normalized spacial score (nSPS) is 10.8. The first kappa shape index (κ1) is 11.2. The summed E-state index contributed by atoms with van der Waals surface area (Å²) >= 11 is 3.45. The molecule has 0 saturated heterocycles. The summed E-state index contributed by atoms with van der Waals surface area (Å²) in [5.74, 6) is 0.869. The van der Waals surface area contributed by atoms with E-state index in [0.29, 0.717) is 6.04 Å². The number of rotatable bonds is 3. The molecule has 1 aromatic heterocycles. The van der Waals surface area contributed by atoms with Gasteiger partial charge in [0.15, 0.2) is 0 Å². The van der Waals surface area contributed by atoms with E-state index in [0.717, 1.165) is 16.1 Å². The summed E-state index contributed by atoms with van der Waals surface area (Å²) < 4.78 is 3.15. The third-order valence-electron chi connectivity index (χ3n) is 2.31. The van der Waals surface area contributed by atoms with E-state index in [4.69, 9.17) is 0 Å². The summed E-state index contributed by atoms with van der Waals surface area (Å²) in [6.45, 7) is 4.27. The monoisotopic (exact) mass is 279 g/mol. The highest BCUT2D eigenvalue weighted by atomic mass is 79.9. The number of halogens is 1. The van der Waals surface area contributed by atoms with Gasteiger partial charge in [0.05, 0.1) is 0 Å². The van der Waals surface area contributed by atoms with Crippen LogP contribution in [-0.4, -0.2) is 9.55 Å². The van der Waals surface area contributed by atoms with Crippen molar-refractivity contribution in [3.8, 4) is 0 Å². The van der Waals surface area contributed by atoms with E-state index in [2.05, 4.69) is 44.6 Å². The SMILES string of the molecule is CC(C)n1ccnc1Nc1cccc(Br)c1. The van der Waals surface area contributed by atoms with Gasteiger partial charge < -0.3 is 9.88 Å². The second-order valence-corrected chi connectivity index (χ2v) is 4.80. The van der Waals surface area contributed by atoms with Crippen molar-refractivity contribution >= 4 is 27.6 Å². The zero-order valence-corrected chi connectivity index (χ0v) is 10.9. The summed E-state index contributed by atoms with van der Waals surface area (Å²) in [6.07, 6.45) is 3.78. The third kappa shape index (κ3) is 2.44. The van der Waals surface area contributed by atoms with Crippen LogP contribution in [0.25, 0.3) is 0 Å². The number of aromatic nitrogens is 2. The molecule has 2 rings (SSSR count). The van der Waals surface area contributed by atoms with E-state index in [-0.39, 0.29) is 0 Å². The minimum atomic E-state index is 0.400. The van der Waals surface area contributed by atoms with Crippen LogP contribution in [-0.2, 0) is 0 Å².